The number of carbonyl (C=O) groups excluding carboxylic acids is 1. The number of ether oxygens (including phenoxy) is 1. The van der Waals surface area contributed by atoms with Gasteiger partial charge in [0.05, 0.1) is 29.2 Å². The minimum atomic E-state index is -2.81. The van der Waals surface area contributed by atoms with Crippen LogP contribution in [0.25, 0.3) is 16.9 Å². The molecule has 0 aliphatic heterocycles. The number of aromatic nitrogens is 5. The van der Waals surface area contributed by atoms with Gasteiger partial charge in [0.15, 0.2) is 5.65 Å². The van der Waals surface area contributed by atoms with Crippen molar-refractivity contribution >= 4 is 27.5 Å². The van der Waals surface area contributed by atoms with Crippen molar-refractivity contribution in [3.8, 4) is 17.0 Å². The van der Waals surface area contributed by atoms with Gasteiger partial charge in [-0.25, -0.2) is 18.3 Å². The topological polar surface area (TPSA) is 86.3 Å². The van der Waals surface area contributed by atoms with Crippen molar-refractivity contribution in [2.45, 2.75) is 33.2 Å². The summed E-state index contributed by atoms with van der Waals surface area (Å²) >= 11 is 3.50. The summed E-state index contributed by atoms with van der Waals surface area (Å²) in [7, 11) is 1.49. The third-order valence-electron chi connectivity index (χ3n) is 5.48. The van der Waals surface area contributed by atoms with Crippen LogP contribution in [-0.4, -0.2) is 43.9 Å². The molecule has 1 amide bonds. The summed E-state index contributed by atoms with van der Waals surface area (Å²) in [5, 5.41) is 11.3. The zero-order valence-electron chi connectivity index (χ0n) is 18.8. The molecule has 178 valence electrons. The summed E-state index contributed by atoms with van der Waals surface area (Å²) in [5.74, 6) is 0.0512. The van der Waals surface area contributed by atoms with Gasteiger partial charge in [0.1, 0.15) is 17.0 Å². The first-order chi connectivity index (χ1) is 16.3. The third-order valence-corrected chi connectivity index (χ3v) is 6.62. The number of fused-ring (bicyclic) bond motifs is 1. The average Bonchev–Trinajstić information content (AvgIpc) is 3.37. The first-order valence-electron chi connectivity index (χ1n) is 10.6. The lowest BCUT2D eigenvalue weighted by Crippen LogP contribution is -2.25. The second kappa shape index (κ2) is 9.88. The van der Waals surface area contributed by atoms with Crippen molar-refractivity contribution in [3.05, 3.63) is 63.6 Å². The molecule has 3 heterocycles. The van der Waals surface area contributed by atoms with Gasteiger partial charge in [0, 0.05) is 24.3 Å². The SMILES string of the molecule is COc1ccccc1-c1cc(C(F)F)n2ncc(C(=O)NCCCn3nc(C)c(Br)c3C)c2n1. The molecule has 11 heteroatoms. The molecule has 0 aliphatic carbocycles. The summed E-state index contributed by atoms with van der Waals surface area (Å²) in [6, 6.07) is 8.24. The van der Waals surface area contributed by atoms with E-state index >= 15 is 0 Å². The van der Waals surface area contributed by atoms with E-state index in [9.17, 15) is 13.6 Å². The Hall–Kier alpha value is -3.34. The standard InChI is InChI=1S/C23H23BrF2N6O2/c1-13-20(24)14(2)31(30-13)10-6-9-27-23(33)16-12-28-32-18(21(25)26)11-17(29-22(16)32)15-7-4-5-8-19(15)34-3/h4-5,7-8,11-12,21H,6,9-10H2,1-3H3,(H,27,33). The molecule has 34 heavy (non-hydrogen) atoms. The highest BCUT2D eigenvalue weighted by Gasteiger charge is 2.22. The van der Waals surface area contributed by atoms with Crippen LogP contribution in [-0.2, 0) is 6.54 Å². The first kappa shape index (κ1) is 23.8. The van der Waals surface area contributed by atoms with E-state index in [-0.39, 0.29) is 22.6 Å². The number of methoxy groups -OCH3 is 1. The monoisotopic (exact) mass is 532 g/mol. The molecule has 3 aromatic heterocycles. The van der Waals surface area contributed by atoms with Crippen LogP contribution in [0.5, 0.6) is 5.75 Å². The normalized spacial score (nSPS) is 11.4. The molecule has 8 nitrogen and oxygen atoms in total. The van der Waals surface area contributed by atoms with Crippen LogP contribution >= 0.6 is 15.9 Å². The minimum absolute atomic E-state index is 0.0543. The molecule has 4 aromatic rings. The fourth-order valence-electron chi connectivity index (χ4n) is 3.71. The number of carbonyl (C=O) groups is 1. The van der Waals surface area contributed by atoms with Gasteiger partial charge >= 0.3 is 0 Å². The minimum Gasteiger partial charge on any atom is -0.496 e. The predicted molar refractivity (Wildman–Crippen MR) is 126 cm³/mol. The van der Waals surface area contributed by atoms with Gasteiger partial charge in [-0.2, -0.15) is 10.2 Å². The van der Waals surface area contributed by atoms with Gasteiger partial charge in [-0.15, -0.1) is 0 Å². The summed E-state index contributed by atoms with van der Waals surface area (Å²) in [4.78, 5) is 17.3. The number of amides is 1. The van der Waals surface area contributed by atoms with Crippen LogP contribution in [0, 0.1) is 13.8 Å². The van der Waals surface area contributed by atoms with E-state index in [1.54, 1.807) is 24.3 Å². The maximum atomic E-state index is 13.8. The molecule has 0 atom stereocenters. The highest BCUT2D eigenvalue weighted by atomic mass is 79.9. The molecule has 0 unspecified atom stereocenters. The molecular weight excluding hydrogens is 510 g/mol. The van der Waals surface area contributed by atoms with Crippen molar-refractivity contribution in [1.29, 1.82) is 0 Å². The highest BCUT2D eigenvalue weighted by Crippen LogP contribution is 2.32. The molecule has 1 N–H and O–H groups in total. The van der Waals surface area contributed by atoms with Crippen molar-refractivity contribution in [2.75, 3.05) is 13.7 Å². The Labute approximate surface area is 203 Å². The first-order valence-corrected chi connectivity index (χ1v) is 11.4. The van der Waals surface area contributed by atoms with Crippen LogP contribution in [0.1, 0.15) is 40.3 Å². The number of hydrogen-bond acceptors (Lipinski definition) is 5. The van der Waals surface area contributed by atoms with Gasteiger partial charge in [0.25, 0.3) is 12.3 Å². The van der Waals surface area contributed by atoms with E-state index in [4.69, 9.17) is 4.74 Å². The average molecular weight is 533 g/mol. The quantitative estimate of drug-likeness (QED) is 0.331. The number of nitrogens with one attached hydrogen (secondary N) is 1. The molecule has 0 aliphatic rings. The Bertz CT molecular complexity index is 1350. The second-order valence-corrected chi connectivity index (χ2v) is 8.47. The van der Waals surface area contributed by atoms with Crippen molar-refractivity contribution < 1.29 is 18.3 Å². The molecule has 0 saturated heterocycles. The Morgan fingerprint density at radius 3 is 2.71 bits per heavy atom. The zero-order chi connectivity index (χ0) is 24.4. The molecule has 0 saturated carbocycles. The lowest BCUT2D eigenvalue weighted by atomic mass is 10.1. The molecule has 1 aromatic carbocycles. The van der Waals surface area contributed by atoms with E-state index < -0.39 is 12.3 Å². The number of alkyl halides is 2. The summed E-state index contributed by atoms with van der Waals surface area (Å²) in [5.41, 5.74) is 2.54. The Morgan fingerprint density at radius 2 is 2.03 bits per heavy atom. The smallest absolute Gasteiger partial charge is 0.280 e. The van der Waals surface area contributed by atoms with Crippen LogP contribution < -0.4 is 10.1 Å². The van der Waals surface area contributed by atoms with Crippen molar-refractivity contribution in [3.63, 3.8) is 0 Å². The predicted octanol–water partition coefficient (Wildman–Crippen LogP) is 4.74. The van der Waals surface area contributed by atoms with Gasteiger partial charge < -0.3 is 10.1 Å². The largest absolute Gasteiger partial charge is 0.496 e. The van der Waals surface area contributed by atoms with Gasteiger partial charge in [-0.1, -0.05) is 12.1 Å². The number of para-hydroxylation sites is 1. The lowest BCUT2D eigenvalue weighted by molar-refractivity contribution is 0.0953. The maximum absolute atomic E-state index is 13.8. The number of hydrogen-bond donors (Lipinski definition) is 1. The van der Waals surface area contributed by atoms with Gasteiger partial charge in [-0.05, 0) is 54.4 Å². The summed E-state index contributed by atoms with van der Waals surface area (Å²) in [6.45, 7) is 4.88. The van der Waals surface area contributed by atoms with Gasteiger partial charge in [-0.3, -0.25) is 9.48 Å². The van der Waals surface area contributed by atoms with Crippen molar-refractivity contribution in [2.24, 2.45) is 0 Å². The van der Waals surface area contributed by atoms with E-state index in [1.165, 1.54) is 19.4 Å². The molecule has 4 rings (SSSR count). The Kier molecular flexibility index (Phi) is 6.92. The summed E-state index contributed by atoms with van der Waals surface area (Å²) in [6.07, 6.45) is -0.912. The zero-order valence-corrected chi connectivity index (χ0v) is 20.4. The molecule has 0 spiro atoms. The van der Waals surface area contributed by atoms with E-state index in [1.807, 2.05) is 18.5 Å². The fourth-order valence-corrected chi connectivity index (χ4v) is 4.00. The van der Waals surface area contributed by atoms with Crippen LogP contribution in [0.3, 0.4) is 0 Å². The van der Waals surface area contributed by atoms with E-state index in [2.05, 4.69) is 36.4 Å². The van der Waals surface area contributed by atoms with E-state index in [0.29, 0.717) is 30.8 Å². The number of rotatable bonds is 8. The Morgan fingerprint density at radius 1 is 1.26 bits per heavy atom. The maximum Gasteiger partial charge on any atom is 0.280 e. The highest BCUT2D eigenvalue weighted by molar-refractivity contribution is 9.10. The number of nitrogens with zero attached hydrogens (tertiary/aromatic N) is 5. The molecule has 0 bridgehead atoms. The van der Waals surface area contributed by atoms with Crippen molar-refractivity contribution in [1.82, 2.24) is 29.7 Å². The molecular formula is C23H23BrF2N6O2. The van der Waals surface area contributed by atoms with Crippen LogP contribution in [0.2, 0.25) is 0 Å². The van der Waals surface area contributed by atoms with Crippen LogP contribution in [0.15, 0.2) is 41.0 Å². The van der Waals surface area contributed by atoms with Gasteiger partial charge in [0.2, 0.25) is 0 Å². The fraction of sp³-hybridized carbons (Fsp3) is 0.304. The second-order valence-electron chi connectivity index (χ2n) is 7.68. The molecule has 0 fully saturated rings. The number of aryl methyl sites for hydroxylation is 2. The third kappa shape index (κ3) is 4.52. The Balaban J connectivity index is 1.58. The van der Waals surface area contributed by atoms with Crippen LogP contribution in [0.4, 0.5) is 8.78 Å². The summed E-state index contributed by atoms with van der Waals surface area (Å²) < 4.78 is 36.8. The number of benzene rings is 1. The lowest BCUT2D eigenvalue weighted by Gasteiger charge is -2.11. The molecule has 0 radical (unpaired) electrons. The van der Waals surface area contributed by atoms with E-state index in [0.717, 1.165) is 20.4 Å². The number of halogens is 3.